The molecule has 0 aliphatic rings. The van der Waals surface area contributed by atoms with Crippen LogP contribution in [0.25, 0.3) is 0 Å². The van der Waals surface area contributed by atoms with Gasteiger partial charge in [-0.15, -0.1) is 0 Å². The van der Waals surface area contributed by atoms with Gasteiger partial charge in [-0.05, 0) is 31.0 Å². The summed E-state index contributed by atoms with van der Waals surface area (Å²) in [6.45, 7) is 3.96. The first-order valence-electron chi connectivity index (χ1n) is 6.44. The van der Waals surface area contributed by atoms with Crippen LogP contribution in [0.2, 0.25) is 0 Å². The number of anilines is 1. The molecule has 2 nitrogen and oxygen atoms in total. The minimum atomic E-state index is -4.36. The highest BCUT2D eigenvalue weighted by atomic mass is 19.4. The first kappa shape index (κ1) is 15.8. The summed E-state index contributed by atoms with van der Waals surface area (Å²) >= 11 is 0. The predicted octanol–water partition coefficient (Wildman–Crippen LogP) is 3.79. The van der Waals surface area contributed by atoms with Crippen LogP contribution in [-0.2, 0) is 12.7 Å². The number of hydrogen-bond acceptors (Lipinski definition) is 2. The van der Waals surface area contributed by atoms with Gasteiger partial charge < -0.3 is 10.6 Å². The quantitative estimate of drug-likeness (QED) is 0.885. The van der Waals surface area contributed by atoms with Crippen molar-refractivity contribution in [1.29, 1.82) is 0 Å². The summed E-state index contributed by atoms with van der Waals surface area (Å²) in [6.07, 6.45) is -2.42. The minimum Gasteiger partial charge on any atom is -0.372 e. The third-order valence-corrected chi connectivity index (χ3v) is 3.39. The molecule has 0 bridgehead atoms. The molecule has 1 aromatic carbocycles. The number of benzene rings is 1. The van der Waals surface area contributed by atoms with Crippen molar-refractivity contribution in [3.63, 3.8) is 0 Å². The molecule has 0 radical (unpaired) electrons. The molecule has 19 heavy (non-hydrogen) atoms. The molecular weight excluding hydrogens is 253 g/mol. The average molecular weight is 274 g/mol. The second-order valence-corrected chi connectivity index (χ2v) is 4.79. The third kappa shape index (κ3) is 3.86. The number of hydrogen-bond donors (Lipinski definition) is 1. The van der Waals surface area contributed by atoms with Crippen LogP contribution in [0.4, 0.5) is 18.9 Å². The van der Waals surface area contributed by atoms with Gasteiger partial charge in [0, 0.05) is 25.3 Å². The molecule has 0 amide bonds. The van der Waals surface area contributed by atoms with Crippen molar-refractivity contribution in [1.82, 2.24) is 0 Å². The Morgan fingerprint density at radius 1 is 1.32 bits per heavy atom. The van der Waals surface area contributed by atoms with E-state index in [-0.39, 0.29) is 18.2 Å². The van der Waals surface area contributed by atoms with Gasteiger partial charge in [0.1, 0.15) is 0 Å². The Labute approximate surface area is 112 Å². The van der Waals surface area contributed by atoms with Crippen LogP contribution >= 0.6 is 0 Å². The average Bonchev–Trinajstić information content (AvgIpc) is 2.36. The topological polar surface area (TPSA) is 29.3 Å². The summed E-state index contributed by atoms with van der Waals surface area (Å²) in [5, 5.41) is 0. The molecule has 0 fully saturated rings. The van der Waals surface area contributed by atoms with E-state index in [0.717, 1.165) is 12.8 Å². The molecule has 1 atom stereocenters. The molecule has 0 aromatic heterocycles. The summed E-state index contributed by atoms with van der Waals surface area (Å²) in [5.74, 6) is 0. The second-order valence-electron chi connectivity index (χ2n) is 4.79. The third-order valence-electron chi connectivity index (χ3n) is 3.39. The molecule has 1 rings (SSSR count). The van der Waals surface area contributed by atoms with Crippen LogP contribution < -0.4 is 10.6 Å². The lowest BCUT2D eigenvalue weighted by Crippen LogP contribution is -2.29. The van der Waals surface area contributed by atoms with Gasteiger partial charge in [0.25, 0.3) is 0 Å². The van der Waals surface area contributed by atoms with Crippen molar-refractivity contribution in [2.75, 3.05) is 11.9 Å². The number of nitrogens with two attached hydrogens (primary N) is 1. The van der Waals surface area contributed by atoms with E-state index in [4.69, 9.17) is 5.73 Å². The Morgan fingerprint density at radius 3 is 2.42 bits per heavy atom. The van der Waals surface area contributed by atoms with Gasteiger partial charge in [0.05, 0.1) is 5.56 Å². The number of nitrogens with zero attached hydrogens (tertiary/aromatic N) is 1. The van der Waals surface area contributed by atoms with Gasteiger partial charge in [0.2, 0.25) is 0 Å². The van der Waals surface area contributed by atoms with Gasteiger partial charge in [-0.3, -0.25) is 0 Å². The van der Waals surface area contributed by atoms with Crippen molar-refractivity contribution < 1.29 is 13.2 Å². The van der Waals surface area contributed by atoms with E-state index < -0.39 is 11.7 Å². The molecule has 5 heteroatoms. The fourth-order valence-corrected chi connectivity index (χ4v) is 2.09. The predicted molar refractivity (Wildman–Crippen MR) is 72.1 cm³/mol. The molecule has 1 aromatic rings. The fourth-order valence-electron chi connectivity index (χ4n) is 2.09. The molecule has 2 N–H and O–H groups in total. The van der Waals surface area contributed by atoms with Gasteiger partial charge in [-0.2, -0.15) is 13.2 Å². The highest BCUT2D eigenvalue weighted by Gasteiger charge is 2.33. The van der Waals surface area contributed by atoms with E-state index in [0.29, 0.717) is 5.69 Å². The maximum Gasteiger partial charge on any atom is 0.416 e. The Bertz CT molecular complexity index is 416. The van der Waals surface area contributed by atoms with Crippen molar-refractivity contribution in [3.8, 4) is 0 Å². The summed E-state index contributed by atoms with van der Waals surface area (Å²) in [6, 6.07) is 4.56. The second kappa shape index (κ2) is 6.28. The van der Waals surface area contributed by atoms with Crippen molar-refractivity contribution in [3.05, 3.63) is 29.3 Å². The number of alkyl halides is 3. The first-order chi connectivity index (χ1) is 8.81. The molecular formula is C14H21F3N2. The van der Waals surface area contributed by atoms with Crippen LogP contribution in [-0.4, -0.2) is 13.1 Å². The van der Waals surface area contributed by atoms with Crippen molar-refractivity contribution >= 4 is 5.69 Å². The van der Waals surface area contributed by atoms with E-state index in [1.807, 2.05) is 18.9 Å². The molecule has 0 saturated heterocycles. The molecule has 1 unspecified atom stereocenters. The van der Waals surface area contributed by atoms with Crippen LogP contribution in [0.5, 0.6) is 0 Å². The fraction of sp³-hybridized carbons (Fsp3) is 0.571. The van der Waals surface area contributed by atoms with Crippen LogP contribution in [0.3, 0.4) is 0 Å². The zero-order valence-corrected chi connectivity index (χ0v) is 11.6. The van der Waals surface area contributed by atoms with E-state index in [9.17, 15) is 13.2 Å². The Kier molecular flexibility index (Phi) is 5.23. The molecule has 0 heterocycles. The van der Waals surface area contributed by atoms with Gasteiger partial charge in [0.15, 0.2) is 0 Å². The largest absolute Gasteiger partial charge is 0.416 e. The monoisotopic (exact) mass is 274 g/mol. The van der Waals surface area contributed by atoms with E-state index in [2.05, 4.69) is 6.92 Å². The standard InChI is InChI=1S/C14H21F3N2/c1-4-5-10(2)19(3)12-7-6-11(9-18)13(8-12)14(15,16)17/h6-8,10H,4-5,9,18H2,1-3H3. The van der Waals surface area contributed by atoms with Crippen molar-refractivity contribution in [2.45, 2.75) is 45.5 Å². The normalized spacial score (nSPS) is 13.4. The van der Waals surface area contributed by atoms with E-state index in [1.165, 1.54) is 12.1 Å². The number of halogens is 3. The maximum absolute atomic E-state index is 13.0. The lowest BCUT2D eigenvalue weighted by atomic mass is 10.0. The SMILES string of the molecule is CCCC(C)N(C)c1ccc(CN)c(C(F)(F)F)c1. The Hall–Kier alpha value is -1.23. The first-order valence-corrected chi connectivity index (χ1v) is 6.44. The van der Waals surface area contributed by atoms with E-state index >= 15 is 0 Å². The van der Waals surface area contributed by atoms with Crippen LogP contribution in [0.15, 0.2) is 18.2 Å². The summed E-state index contributed by atoms with van der Waals surface area (Å²) < 4.78 is 38.9. The maximum atomic E-state index is 13.0. The molecule has 0 aliphatic carbocycles. The van der Waals surface area contributed by atoms with Crippen LogP contribution in [0.1, 0.15) is 37.8 Å². The van der Waals surface area contributed by atoms with Crippen molar-refractivity contribution in [2.24, 2.45) is 5.73 Å². The molecule has 108 valence electrons. The Morgan fingerprint density at radius 2 is 1.95 bits per heavy atom. The van der Waals surface area contributed by atoms with Crippen LogP contribution in [0, 0.1) is 0 Å². The molecule has 0 aliphatic heterocycles. The molecule has 0 saturated carbocycles. The van der Waals surface area contributed by atoms with Gasteiger partial charge in [-0.1, -0.05) is 19.4 Å². The minimum absolute atomic E-state index is 0.108. The van der Waals surface area contributed by atoms with E-state index in [1.54, 1.807) is 6.07 Å². The lowest BCUT2D eigenvalue weighted by Gasteiger charge is -2.28. The zero-order chi connectivity index (χ0) is 14.6. The number of rotatable bonds is 5. The van der Waals surface area contributed by atoms with Gasteiger partial charge >= 0.3 is 6.18 Å². The van der Waals surface area contributed by atoms with Gasteiger partial charge in [-0.25, -0.2) is 0 Å². The lowest BCUT2D eigenvalue weighted by molar-refractivity contribution is -0.138. The highest BCUT2D eigenvalue weighted by molar-refractivity contribution is 5.52. The summed E-state index contributed by atoms with van der Waals surface area (Å²) in [5.41, 5.74) is 5.44. The zero-order valence-electron chi connectivity index (χ0n) is 11.6. The highest BCUT2D eigenvalue weighted by Crippen LogP contribution is 2.34. The molecule has 0 spiro atoms. The summed E-state index contributed by atoms with van der Waals surface area (Å²) in [7, 11) is 1.82. The Balaban J connectivity index is 3.11. The summed E-state index contributed by atoms with van der Waals surface area (Å²) in [4.78, 5) is 1.87. The smallest absolute Gasteiger partial charge is 0.372 e.